The molecule has 0 unspecified atom stereocenters. The Bertz CT molecular complexity index is 888. The molecule has 0 spiro atoms. The van der Waals surface area contributed by atoms with Crippen molar-refractivity contribution in [2.75, 3.05) is 12.4 Å². The molecule has 0 fully saturated rings. The number of halogens is 2. The summed E-state index contributed by atoms with van der Waals surface area (Å²) in [5.41, 5.74) is 4.14. The van der Waals surface area contributed by atoms with Crippen molar-refractivity contribution in [2.24, 2.45) is 5.73 Å². The van der Waals surface area contributed by atoms with E-state index < -0.39 is 40.3 Å². The minimum Gasteiger partial charge on any atom is -0.493 e. The second-order valence-electron chi connectivity index (χ2n) is 4.90. The van der Waals surface area contributed by atoms with E-state index in [-0.39, 0.29) is 17.3 Å². The van der Waals surface area contributed by atoms with Crippen LogP contribution in [0.25, 0.3) is 0 Å². The fraction of sp³-hybridized carbons (Fsp3) is 0.214. The van der Waals surface area contributed by atoms with E-state index in [9.17, 15) is 28.5 Å². The lowest BCUT2D eigenvalue weighted by atomic mass is 10.1. The first kappa shape index (κ1) is 20.0. The molecule has 0 saturated carbocycles. The number of nitrogens with zero attached hydrogens (tertiary/aromatic N) is 2. The highest BCUT2D eigenvalue weighted by atomic mass is 32.1. The molecule has 0 aliphatic carbocycles. The highest BCUT2D eigenvalue weighted by Crippen LogP contribution is 2.36. The lowest BCUT2D eigenvalue weighted by Crippen LogP contribution is -2.16. The van der Waals surface area contributed by atoms with Crippen molar-refractivity contribution in [3.05, 3.63) is 38.9 Å². The van der Waals surface area contributed by atoms with Crippen LogP contribution < -0.4 is 20.5 Å². The van der Waals surface area contributed by atoms with Gasteiger partial charge in [0, 0.05) is 11.4 Å². The fourth-order valence-corrected chi connectivity index (χ4v) is 2.72. The van der Waals surface area contributed by atoms with Gasteiger partial charge in [-0.1, -0.05) is 0 Å². The summed E-state index contributed by atoms with van der Waals surface area (Å²) in [6, 6.07) is 1.57. The zero-order valence-corrected chi connectivity index (χ0v) is 14.4. The topological polar surface area (TPSA) is 147 Å². The number of carbonyl (C=O) groups is 2. The Morgan fingerprint density at radius 1 is 1.41 bits per heavy atom. The molecule has 13 heteroatoms. The van der Waals surface area contributed by atoms with E-state index in [1.165, 1.54) is 5.38 Å². The number of alkyl halides is 2. The molecule has 2 amide bonds. The summed E-state index contributed by atoms with van der Waals surface area (Å²) in [4.78, 5) is 37.5. The number of methoxy groups -OCH3 is 1. The predicted octanol–water partition coefficient (Wildman–Crippen LogP) is 1.94. The Morgan fingerprint density at radius 2 is 2.11 bits per heavy atom. The SMILES string of the molecule is COc1cc(C(=O)Nc2nc(CC(N)=O)cs2)c([N+](=O)[O-])cc1OC(F)F. The number of benzene rings is 1. The predicted molar refractivity (Wildman–Crippen MR) is 89.2 cm³/mol. The van der Waals surface area contributed by atoms with Crippen molar-refractivity contribution >= 4 is 34.0 Å². The molecule has 0 aliphatic heterocycles. The van der Waals surface area contributed by atoms with Gasteiger partial charge < -0.3 is 15.2 Å². The maximum Gasteiger partial charge on any atom is 0.387 e. The van der Waals surface area contributed by atoms with Crippen LogP contribution in [0.2, 0.25) is 0 Å². The van der Waals surface area contributed by atoms with Gasteiger partial charge in [-0.25, -0.2) is 4.98 Å². The van der Waals surface area contributed by atoms with Crippen LogP contribution in [-0.2, 0) is 11.2 Å². The quantitative estimate of drug-likeness (QED) is 0.506. The summed E-state index contributed by atoms with van der Waals surface area (Å²) in [6.45, 7) is -3.24. The third-order valence-electron chi connectivity index (χ3n) is 3.07. The van der Waals surface area contributed by atoms with Crippen LogP contribution in [0.4, 0.5) is 19.6 Å². The molecule has 0 aliphatic rings. The van der Waals surface area contributed by atoms with Crippen molar-refractivity contribution in [3.63, 3.8) is 0 Å². The number of anilines is 1. The maximum absolute atomic E-state index is 12.4. The van der Waals surface area contributed by atoms with Crippen LogP contribution in [0.3, 0.4) is 0 Å². The molecule has 0 bridgehead atoms. The van der Waals surface area contributed by atoms with E-state index >= 15 is 0 Å². The standard InChI is InChI=1S/C14H12F2N4O6S/c1-25-9-3-7(8(20(23)24)4-10(9)26-13(15)16)12(22)19-14-18-6(5-27-14)2-11(17)21/h3-5,13H,2H2,1H3,(H2,17,21)(H,18,19,22). The highest BCUT2D eigenvalue weighted by molar-refractivity contribution is 7.14. The van der Waals surface area contributed by atoms with Gasteiger partial charge in [0.1, 0.15) is 5.56 Å². The van der Waals surface area contributed by atoms with E-state index in [4.69, 9.17) is 10.5 Å². The lowest BCUT2D eigenvalue weighted by Gasteiger charge is -2.11. The number of nitro groups is 1. The molecule has 0 radical (unpaired) electrons. The van der Waals surface area contributed by atoms with Crippen molar-refractivity contribution in [1.82, 2.24) is 4.98 Å². The second-order valence-corrected chi connectivity index (χ2v) is 5.76. The zero-order valence-electron chi connectivity index (χ0n) is 13.6. The van der Waals surface area contributed by atoms with Gasteiger partial charge in [0.25, 0.3) is 11.6 Å². The second kappa shape index (κ2) is 8.35. The molecule has 144 valence electrons. The van der Waals surface area contributed by atoms with Crippen LogP contribution in [0.1, 0.15) is 16.1 Å². The smallest absolute Gasteiger partial charge is 0.387 e. The number of nitrogens with one attached hydrogen (secondary N) is 1. The largest absolute Gasteiger partial charge is 0.493 e. The van der Waals surface area contributed by atoms with Crippen LogP contribution in [-0.4, -0.2) is 35.4 Å². The van der Waals surface area contributed by atoms with Gasteiger partial charge in [0.2, 0.25) is 5.91 Å². The van der Waals surface area contributed by atoms with Gasteiger partial charge in [0.05, 0.1) is 30.2 Å². The number of nitrogens with two attached hydrogens (primary N) is 1. The Hall–Kier alpha value is -3.35. The van der Waals surface area contributed by atoms with Crippen molar-refractivity contribution < 1.29 is 32.8 Å². The average molecular weight is 402 g/mol. The normalized spacial score (nSPS) is 10.5. The average Bonchev–Trinajstić information content (AvgIpc) is 2.99. The number of amides is 2. The summed E-state index contributed by atoms with van der Waals surface area (Å²) in [5, 5.41) is 15.1. The lowest BCUT2D eigenvalue weighted by molar-refractivity contribution is -0.385. The first-order chi connectivity index (χ1) is 12.7. The number of aromatic nitrogens is 1. The molecule has 2 rings (SSSR count). The van der Waals surface area contributed by atoms with Gasteiger partial charge in [-0.15, -0.1) is 11.3 Å². The third kappa shape index (κ3) is 5.07. The van der Waals surface area contributed by atoms with E-state index in [0.29, 0.717) is 11.8 Å². The first-order valence-corrected chi connectivity index (χ1v) is 7.94. The number of nitro benzene ring substituents is 1. The van der Waals surface area contributed by atoms with Gasteiger partial charge in [-0.2, -0.15) is 8.78 Å². The minimum absolute atomic E-state index is 0.0671. The van der Waals surface area contributed by atoms with E-state index in [0.717, 1.165) is 24.5 Å². The molecule has 1 heterocycles. The number of ether oxygens (including phenoxy) is 2. The van der Waals surface area contributed by atoms with Crippen LogP contribution in [0.5, 0.6) is 11.5 Å². The van der Waals surface area contributed by atoms with Crippen molar-refractivity contribution in [1.29, 1.82) is 0 Å². The summed E-state index contributed by atoms with van der Waals surface area (Å²) in [6.07, 6.45) is -0.139. The van der Waals surface area contributed by atoms with Crippen molar-refractivity contribution in [2.45, 2.75) is 13.0 Å². The van der Waals surface area contributed by atoms with Gasteiger partial charge in [-0.3, -0.25) is 25.0 Å². The molecular formula is C14H12F2N4O6S. The van der Waals surface area contributed by atoms with Crippen LogP contribution in [0, 0.1) is 10.1 Å². The number of carbonyl (C=O) groups excluding carboxylic acids is 2. The molecule has 27 heavy (non-hydrogen) atoms. The zero-order chi connectivity index (χ0) is 20.1. The summed E-state index contributed by atoms with van der Waals surface area (Å²) in [7, 11) is 1.12. The Balaban J connectivity index is 2.34. The molecular weight excluding hydrogens is 390 g/mol. The number of hydrogen-bond donors (Lipinski definition) is 2. The number of rotatable bonds is 8. The van der Waals surface area contributed by atoms with E-state index in [1.54, 1.807) is 0 Å². The summed E-state index contributed by atoms with van der Waals surface area (Å²) < 4.78 is 33.9. The summed E-state index contributed by atoms with van der Waals surface area (Å²) >= 11 is 0.975. The highest BCUT2D eigenvalue weighted by Gasteiger charge is 2.26. The maximum atomic E-state index is 12.4. The van der Waals surface area contributed by atoms with Crippen molar-refractivity contribution in [3.8, 4) is 11.5 Å². The molecule has 0 saturated heterocycles. The van der Waals surface area contributed by atoms with Gasteiger partial charge >= 0.3 is 6.61 Å². The van der Waals surface area contributed by atoms with Gasteiger partial charge in [-0.05, 0) is 0 Å². The van der Waals surface area contributed by atoms with E-state index in [1.807, 2.05) is 0 Å². The molecule has 10 nitrogen and oxygen atoms in total. The Morgan fingerprint density at radius 3 is 2.67 bits per heavy atom. The first-order valence-electron chi connectivity index (χ1n) is 7.06. The Labute approximate surface area is 154 Å². The number of thiazole rings is 1. The monoisotopic (exact) mass is 402 g/mol. The fourth-order valence-electron chi connectivity index (χ4n) is 2.02. The number of hydrogen-bond acceptors (Lipinski definition) is 8. The van der Waals surface area contributed by atoms with Crippen LogP contribution >= 0.6 is 11.3 Å². The molecule has 0 atom stereocenters. The summed E-state index contributed by atoms with van der Waals surface area (Å²) in [5.74, 6) is -2.43. The molecule has 1 aromatic carbocycles. The van der Waals surface area contributed by atoms with Crippen LogP contribution in [0.15, 0.2) is 17.5 Å². The third-order valence-corrected chi connectivity index (χ3v) is 3.87. The molecule has 2 aromatic rings. The Kier molecular flexibility index (Phi) is 6.18. The van der Waals surface area contributed by atoms with Gasteiger partial charge in [0.15, 0.2) is 16.6 Å². The minimum atomic E-state index is -3.24. The molecule has 3 N–H and O–H groups in total. The van der Waals surface area contributed by atoms with E-state index in [2.05, 4.69) is 15.0 Å². The molecule has 1 aromatic heterocycles. The number of primary amides is 1.